The van der Waals surface area contributed by atoms with Gasteiger partial charge in [0.1, 0.15) is 5.75 Å². The van der Waals surface area contributed by atoms with Crippen LogP contribution in [0, 0.1) is 5.92 Å². The van der Waals surface area contributed by atoms with Crippen LogP contribution < -0.4 is 14.5 Å². The van der Waals surface area contributed by atoms with Crippen LogP contribution >= 0.6 is 0 Å². The van der Waals surface area contributed by atoms with Gasteiger partial charge in [-0.1, -0.05) is 45.0 Å². The first-order valence-electron chi connectivity index (χ1n) is 15.5. The average molecular weight is 557 g/mol. The molecule has 1 aromatic heterocycles. The van der Waals surface area contributed by atoms with E-state index < -0.39 is 0 Å². The Hall–Kier alpha value is -3.38. The van der Waals surface area contributed by atoms with Crippen LogP contribution in [-0.2, 0) is 12.8 Å². The number of carbonyl (C=O) groups is 1. The quantitative estimate of drug-likeness (QED) is 0.345. The lowest BCUT2D eigenvalue weighted by atomic mass is 9.94. The molecule has 0 spiro atoms. The third-order valence-corrected chi connectivity index (χ3v) is 9.12. The maximum Gasteiger partial charge on any atom is 0.258 e. The van der Waals surface area contributed by atoms with Gasteiger partial charge in [-0.3, -0.25) is 9.78 Å². The molecule has 0 atom stereocenters. The smallest absolute Gasteiger partial charge is 0.258 e. The van der Waals surface area contributed by atoms with Gasteiger partial charge in [0.15, 0.2) is 0 Å². The Kier molecular flexibility index (Phi) is 9.29. The van der Waals surface area contributed by atoms with Crippen LogP contribution in [0.5, 0.6) is 5.75 Å². The van der Waals surface area contributed by atoms with Crippen molar-refractivity contribution in [2.24, 2.45) is 5.92 Å². The van der Waals surface area contributed by atoms with Crippen molar-refractivity contribution in [3.8, 4) is 5.75 Å². The molecule has 6 rings (SSSR count). The number of amides is 1. The number of anilines is 2. The van der Waals surface area contributed by atoms with Crippen molar-refractivity contribution >= 4 is 17.3 Å². The van der Waals surface area contributed by atoms with E-state index in [1.165, 1.54) is 44.5 Å². The molecule has 0 N–H and O–H groups in total. The van der Waals surface area contributed by atoms with Crippen molar-refractivity contribution in [3.63, 3.8) is 0 Å². The zero-order chi connectivity index (χ0) is 28.9. The lowest BCUT2D eigenvalue weighted by Gasteiger charge is -2.42. The molecule has 4 heterocycles. The van der Waals surface area contributed by atoms with E-state index in [-0.39, 0.29) is 7.33 Å². The Morgan fingerprint density at radius 1 is 0.951 bits per heavy atom. The summed E-state index contributed by atoms with van der Waals surface area (Å²) in [6.07, 6.45) is 8.42. The predicted octanol–water partition coefficient (Wildman–Crippen LogP) is 6.83. The van der Waals surface area contributed by atoms with Crippen molar-refractivity contribution in [1.82, 2.24) is 9.88 Å². The van der Waals surface area contributed by atoms with Gasteiger partial charge in [0.2, 0.25) is 0 Å². The molecule has 1 amide bonds. The summed E-state index contributed by atoms with van der Waals surface area (Å²) >= 11 is 0. The Balaban J connectivity index is 0.00000132. The molecule has 3 aliphatic heterocycles. The summed E-state index contributed by atoms with van der Waals surface area (Å²) in [7, 11) is 3.59. The summed E-state index contributed by atoms with van der Waals surface area (Å²) in [6.45, 7) is 11.1. The first-order valence-corrected chi connectivity index (χ1v) is 15.5. The minimum absolute atomic E-state index is 0. The van der Waals surface area contributed by atoms with E-state index in [2.05, 4.69) is 41.0 Å². The number of rotatable bonds is 5. The number of fused-ring (bicyclic) bond motifs is 2. The van der Waals surface area contributed by atoms with Crippen molar-refractivity contribution in [3.05, 3.63) is 82.7 Å². The number of benzene rings is 2. The molecule has 0 unspecified atom stereocenters. The maximum absolute atomic E-state index is 13.0. The minimum atomic E-state index is 0. The first kappa shape index (κ1) is 29.1. The maximum atomic E-state index is 13.0. The molecule has 0 saturated carbocycles. The minimum Gasteiger partial charge on any atom is -0.496 e. The SMILES string of the molecule is CC.COc1cc(N2CCC(N3CCC(C)CC3)CC2)ccc1Cc1cc2c(cn1)N(C)C(=O)c1ccccc1C2.[HH]. The predicted molar refractivity (Wildman–Crippen MR) is 171 cm³/mol. The van der Waals surface area contributed by atoms with Crippen LogP contribution in [0.4, 0.5) is 11.4 Å². The number of aromatic nitrogens is 1. The highest BCUT2D eigenvalue weighted by Crippen LogP contribution is 2.33. The van der Waals surface area contributed by atoms with Gasteiger partial charge >= 0.3 is 0 Å². The van der Waals surface area contributed by atoms with Gasteiger partial charge in [0.05, 0.1) is 19.0 Å². The van der Waals surface area contributed by atoms with E-state index in [9.17, 15) is 4.79 Å². The van der Waals surface area contributed by atoms with Gasteiger partial charge in [-0.25, -0.2) is 0 Å². The summed E-state index contributed by atoms with van der Waals surface area (Å²) in [5.41, 5.74) is 7.19. The van der Waals surface area contributed by atoms with Crippen LogP contribution in [0.25, 0.3) is 0 Å². The standard InChI is InChI=1S/C33H40N4O2.C2H6.H2/c1-23-10-14-36(15-11-23)28-12-16-37(17-13-28)29-9-8-25(32(21-29)39-3)19-27-20-26-18-24-6-4-5-7-30(24)33(38)35(2)31(26)22-34-27;1-2;/h4-9,20-23,28H,10-19H2,1-3H3;1-2H3;1H. The molecule has 3 aliphatic rings. The molecular weight excluding hydrogens is 508 g/mol. The van der Waals surface area contributed by atoms with Crippen molar-refractivity contribution in [2.45, 2.75) is 65.3 Å². The molecule has 2 fully saturated rings. The topological polar surface area (TPSA) is 48.9 Å². The fourth-order valence-electron chi connectivity index (χ4n) is 6.61. The highest BCUT2D eigenvalue weighted by molar-refractivity contribution is 6.08. The van der Waals surface area contributed by atoms with Crippen molar-refractivity contribution < 1.29 is 11.0 Å². The monoisotopic (exact) mass is 556 g/mol. The fraction of sp³-hybridized carbons (Fsp3) is 0.486. The number of hydrogen-bond donors (Lipinski definition) is 0. The summed E-state index contributed by atoms with van der Waals surface area (Å²) < 4.78 is 5.87. The molecule has 6 heteroatoms. The molecule has 0 bridgehead atoms. The second kappa shape index (κ2) is 13.1. The molecule has 0 aliphatic carbocycles. The van der Waals surface area contributed by atoms with E-state index in [0.717, 1.165) is 70.9 Å². The fourth-order valence-corrected chi connectivity index (χ4v) is 6.61. The third-order valence-electron chi connectivity index (χ3n) is 9.12. The molecule has 2 aromatic carbocycles. The number of hydrogen-bond acceptors (Lipinski definition) is 5. The van der Waals surface area contributed by atoms with Crippen LogP contribution in [-0.4, -0.2) is 62.2 Å². The van der Waals surface area contributed by atoms with Gasteiger partial charge in [-0.2, -0.15) is 0 Å². The summed E-state index contributed by atoms with van der Waals surface area (Å²) in [4.78, 5) is 24.7. The number of carbonyl (C=O) groups excluding carboxylic acids is 1. The Bertz CT molecular complexity index is 1350. The summed E-state index contributed by atoms with van der Waals surface area (Å²) in [5, 5.41) is 0. The molecule has 3 aromatic rings. The number of ether oxygens (including phenoxy) is 1. The molecule has 2 saturated heterocycles. The van der Waals surface area contributed by atoms with Crippen molar-refractivity contribution in [1.29, 1.82) is 0 Å². The van der Waals surface area contributed by atoms with E-state index in [1.807, 2.05) is 51.4 Å². The largest absolute Gasteiger partial charge is 0.496 e. The van der Waals surface area contributed by atoms with Crippen LogP contribution in [0.1, 0.15) is 80.6 Å². The lowest BCUT2D eigenvalue weighted by molar-refractivity contribution is 0.0993. The molecule has 220 valence electrons. The number of piperidine rings is 2. The number of likely N-dealkylation sites (tertiary alicyclic amines) is 1. The third kappa shape index (κ3) is 6.28. The number of methoxy groups -OCH3 is 1. The van der Waals surface area contributed by atoms with E-state index in [4.69, 9.17) is 9.72 Å². The first-order chi connectivity index (χ1) is 20.0. The normalized spacial score (nSPS) is 18.2. The van der Waals surface area contributed by atoms with Gasteiger partial charge in [0.25, 0.3) is 5.91 Å². The number of nitrogens with zero attached hydrogens (tertiary/aromatic N) is 4. The molecule has 0 radical (unpaired) electrons. The molecular formula is C35H48N4O2. The Morgan fingerprint density at radius 2 is 1.68 bits per heavy atom. The van der Waals surface area contributed by atoms with Crippen molar-refractivity contribution in [2.75, 3.05) is 50.1 Å². The second-order valence-electron chi connectivity index (χ2n) is 11.6. The van der Waals surface area contributed by atoms with Gasteiger partial charge in [0, 0.05) is 69.0 Å². The highest BCUT2D eigenvalue weighted by atomic mass is 16.5. The summed E-state index contributed by atoms with van der Waals surface area (Å²) in [5.74, 6) is 1.82. The van der Waals surface area contributed by atoms with Gasteiger partial charge in [-0.15, -0.1) is 0 Å². The molecule has 6 nitrogen and oxygen atoms in total. The van der Waals surface area contributed by atoms with E-state index in [1.54, 1.807) is 12.0 Å². The highest BCUT2D eigenvalue weighted by Gasteiger charge is 2.28. The zero-order valence-corrected chi connectivity index (χ0v) is 25.5. The Labute approximate surface area is 247 Å². The lowest BCUT2D eigenvalue weighted by Crippen LogP contribution is -2.47. The second-order valence-corrected chi connectivity index (χ2v) is 11.6. The van der Waals surface area contributed by atoms with E-state index >= 15 is 0 Å². The van der Waals surface area contributed by atoms with Gasteiger partial charge < -0.3 is 19.4 Å². The summed E-state index contributed by atoms with van der Waals surface area (Å²) in [6, 6.07) is 17.4. The zero-order valence-electron chi connectivity index (χ0n) is 25.5. The van der Waals surface area contributed by atoms with Crippen LogP contribution in [0.2, 0.25) is 0 Å². The van der Waals surface area contributed by atoms with Gasteiger partial charge in [-0.05, 0) is 74.0 Å². The van der Waals surface area contributed by atoms with Crippen LogP contribution in [0.3, 0.4) is 0 Å². The number of pyridine rings is 1. The van der Waals surface area contributed by atoms with E-state index in [0.29, 0.717) is 6.42 Å². The average Bonchev–Trinajstić information content (AvgIpc) is 3.12. The molecule has 41 heavy (non-hydrogen) atoms. The van der Waals surface area contributed by atoms with Crippen LogP contribution in [0.15, 0.2) is 54.7 Å². The Morgan fingerprint density at radius 3 is 2.41 bits per heavy atom.